The highest BCUT2D eigenvalue weighted by Gasteiger charge is 2.37. The maximum absolute atomic E-state index is 9.69. The highest BCUT2D eigenvalue weighted by atomic mass is 32.2. The summed E-state index contributed by atoms with van der Waals surface area (Å²) in [5.41, 5.74) is -0.00363. The van der Waals surface area contributed by atoms with Crippen LogP contribution in [-0.4, -0.2) is 60.0 Å². The summed E-state index contributed by atoms with van der Waals surface area (Å²) in [6.07, 6.45) is 2.19. The molecule has 2 fully saturated rings. The third-order valence-corrected chi connectivity index (χ3v) is 5.10. The first kappa shape index (κ1) is 13.7. The Morgan fingerprint density at radius 1 is 1.41 bits per heavy atom. The van der Waals surface area contributed by atoms with E-state index < -0.39 is 0 Å². The minimum atomic E-state index is -0.00363. The summed E-state index contributed by atoms with van der Waals surface area (Å²) in [6, 6.07) is 0. The molecule has 100 valence electrons. The van der Waals surface area contributed by atoms with Gasteiger partial charge in [-0.15, -0.1) is 0 Å². The third-order valence-electron chi connectivity index (χ3n) is 3.80. The number of aliphatic hydroxyl groups excluding tert-OH is 1. The van der Waals surface area contributed by atoms with E-state index in [1.54, 1.807) is 0 Å². The predicted molar refractivity (Wildman–Crippen MR) is 72.5 cm³/mol. The number of hydrogen-bond acceptors (Lipinski definition) is 4. The van der Waals surface area contributed by atoms with Gasteiger partial charge in [0.25, 0.3) is 0 Å². The van der Waals surface area contributed by atoms with E-state index in [9.17, 15) is 5.11 Å². The first-order chi connectivity index (χ1) is 8.05. The van der Waals surface area contributed by atoms with Gasteiger partial charge in [-0.2, -0.15) is 11.8 Å². The fourth-order valence-corrected chi connectivity index (χ4v) is 4.11. The van der Waals surface area contributed by atoms with E-state index in [1.807, 2.05) is 0 Å². The molecule has 0 saturated carbocycles. The number of hydrogen-bond donors (Lipinski definition) is 1. The van der Waals surface area contributed by atoms with E-state index in [1.165, 1.54) is 5.75 Å². The average Bonchev–Trinajstić information content (AvgIpc) is 2.29. The molecule has 0 aromatic carbocycles. The second-order valence-corrected chi connectivity index (χ2v) is 7.94. The standard InChI is InChI=1S/C13H25NO2S/c1-12(2)8-14(5-7-17-12)9-13(10-15)4-3-6-16-11-13/h15H,3-11H2,1-2H3. The summed E-state index contributed by atoms with van der Waals surface area (Å²) in [5.74, 6) is 1.20. The lowest BCUT2D eigenvalue weighted by Gasteiger charge is -2.44. The van der Waals surface area contributed by atoms with Gasteiger partial charge >= 0.3 is 0 Å². The van der Waals surface area contributed by atoms with Gasteiger partial charge in [0.2, 0.25) is 0 Å². The quantitative estimate of drug-likeness (QED) is 0.834. The molecule has 2 rings (SSSR count). The van der Waals surface area contributed by atoms with Gasteiger partial charge in [0.15, 0.2) is 0 Å². The lowest BCUT2D eigenvalue weighted by atomic mass is 9.82. The van der Waals surface area contributed by atoms with Crippen LogP contribution in [0.3, 0.4) is 0 Å². The maximum atomic E-state index is 9.69. The summed E-state index contributed by atoms with van der Waals surface area (Å²) in [4.78, 5) is 2.52. The molecule has 0 amide bonds. The highest BCUT2D eigenvalue weighted by molar-refractivity contribution is 8.00. The summed E-state index contributed by atoms with van der Waals surface area (Å²) < 4.78 is 5.93. The zero-order chi connectivity index (χ0) is 12.4. The van der Waals surface area contributed by atoms with Gasteiger partial charge in [0, 0.05) is 42.2 Å². The van der Waals surface area contributed by atoms with Crippen molar-refractivity contribution in [2.24, 2.45) is 5.41 Å². The van der Waals surface area contributed by atoms with E-state index in [4.69, 9.17) is 4.74 Å². The van der Waals surface area contributed by atoms with Crippen molar-refractivity contribution in [3.8, 4) is 0 Å². The van der Waals surface area contributed by atoms with Gasteiger partial charge in [-0.25, -0.2) is 0 Å². The van der Waals surface area contributed by atoms with Crippen molar-refractivity contribution in [1.82, 2.24) is 4.90 Å². The summed E-state index contributed by atoms with van der Waals surface area (Å²) in [7, 11) is 0. The Kier molecular flexibility index (Phi) is 4.40. The smallest absolute Gasteiger partial charge is 0.0556 e. The number of thioether (sulfide) groups is 1. The fraction of sp³-hybridized carbons (Fsp3) is 1.00. The Labute approximate surface area is 109 Å². The molecular weight excluding hydrogens is 234 g/mol. The van der Waals surface area contributed by atoms with Crippen molar-refractivity contribution in [3.63, 3.8) is 0 Å². The van der Waals surface area contributed by atoms with E-state index >= 15 is 0 Å². The number of ether oxygens (including phenoxy) is 1. The minimum absolute atomic E-state index is 0.00363. The van der Waals surface area contributed by atoms with Crippen LogP contribution in [0.25, 0.3) is 0 Å². The molecule has 1 unspecified atom stereocenters. The molecule has 0 aromatic heterocycles. The topological polar surface area (TPSA) is 32.7 Å². The highest BCUT2D eigenvalue weighted by Crippen LogP contribution is 2.34. The van der Waals surface area contributed by atoms with Crippen LogP contribution in [0.1, 0.15) is 26.7 Å². The maximum Gasteiger partial charge on any atom is 0.0556 e. The Morgan fingerprint density at radius 3 is 2.82 bits per heavy atom. The molecule has 2 saturated heterocycles. The lowest BCUT2D eigenvalue weighted by molar-refractivity contribution is -0.0557. The van der Waals surface area contributed by atoms with Crippen LogP contribution in [-0.2, 0) is 4.74 Å². The predicted octanol–water partition coefficient (Wildman–Crippen LogP) is 1.60. The van der Waals surface area contributed by atoms with Gasteiger partial charge in [0.05, 0.1) is 13.2 Å². The third kappa shape index (κ3) is 3.60. The average molecular weight is 259 g/mol. The molecule has 4 heteroatoms. The first-order valence-electron chi connectivity index (χ1n) is 6.60. The molecular formula is C13H25NO2S. The van der Waals surface area contributed by atoms with Crippen LogP contribution in [0, 0.1) is 5.41 Å². The van der Waals surface area contributed by atoms with Crippen molar-refractivity contribution < 1.29 is 9.84 Å². The molecule has 2 aliphatic rings. The lowest BCUT2D eigenvalue weighted by Crippen LogP contribution is -2.51. The largest absolute Gasteiger partial charge is 0.396 e. The molecule has 2 heterocycles. The van der Waals surface area contributed by atoms with Gasteiger partial charge in [-0.1, -0.05) is 0 Å². The Balaban J connectivity index is 1.93. The SMILES string of the molecule is CC1(C)CN(CC2(CO)CCCOC2)CCS1. The fourth-order valence-electron chi connectivity index (χ4n) is 2.93. The molecule has 0 bridgehead atoms. The Hall–Kier alpha value is 0.230. The van der Waals surface area contributed by atoms with Crippen molar-refractivity contribution in [1.29, 1.82) is 0 Å². The van der Waals surface area contributed by atoms with Crippen molar-refractivity contribution in [2.75, 3.05) is 45.2 Å². The van der Waals surface area contributed by atoms with Crippen LogP contribution < -0.4 is 0 Å². The molecule has 2 aliphatic heterocycles. The molecule has 1 atom stereocenters. The molecule has 17 heavy (non-hydrogen) atoms. The molecule has 0 radical (unpaired) electrons. The van der Waals surface area contributed by atoms with Crippen molar-refractivity contribution in [3.05, 3.63) is 0 Å². The zero-order valence-corrected chi connectivity index (χ0v) is 11.9. The van der Waals surface area contributed by atoms with E-state index in [2.05, 4.69) is 30.5 Å². The Morgan fingerprint density at radius 2 is 2.24 bits per heavy atom. The van der Waals surface area contributed by atoms with Crippen LogP contribution in [0.15, 0.2) is 0 Å². The minimum Gasteiger partial charge on any atom is -0.396 e. The van der Waals surface area contributed by atoms with Gasteiger partial charge in [-0.05, 0) is 26.7 Å². The molecule has 0 aromatic rings. The zero-order valence-electron chi connectivity index (χ0n) is 11.1. The van der Waals surface area contributed by atoms with Crippen LogP contribution in [0.4, 0.5) is 0 Å². The van der Waals surface area contributed by atoms with Crippen LogP contribution in [0.2, 0.25) is 0 Å². The number of nitrogens with zero attached hydrogens (tertiary/aromatic N) is 1. The van der Waals surface area contributed by atoms with Crippen LogP contribution >= 0.6 is 11.8 Å². The monoisotopic (exact) mass is 259 g/mol. The number of aliphatic hydroxyl groups is 1. The van der Waals surface area contributed by atoms with E-state index in [0.29, 0.717) is 4.75 Å². The summed E-state index contributed by atoms with van der Waals surface area (Å²) >= 11 is 2.06. The molecule has 1 N–H and O–H groups in total. The van der Waals surface area contributed by atoms with E-state index in [-0.39, 0.29) is 12.0 Å². The van der Waals surface area contributed by atoms with Gasteiger partial charge < -0.3 is 14.7 Å². The van der Waals surface area contributed by atoms with Gasteiger partial charge in [-0.3, -0.25) is 0 Å². The van der Waals surface area contributed by atoms with Gasteiger partial charge in [0.1, 0.15) is 0 Å². The summed E-state index contributed by atoms with van der Waals surface area (Å²) in [5, 5.41) is 9.69. The summed E-state index contributed by atoms with van der Waals surface area (Å²) in [6.45, 7) is 9.75. The van der Waals surface area contributed by atoms with E-state index in [0.717, 1.165) is 45.7 Å². The second-order valence-electron chi connectivity index (χ2n) is 6.13. The molecule has 0 spiro atoms. The number of rotatable bonds is 3. The van der Waals surface area contributed by atoms with Crippen LogP contribution in [0.5, 0.6) is 0 Å². The Bertz CT molecular complexity index is 252. The van der Waals surface area contributed by atoms with Crippen molar-refractivity contribution >= 4 is 11.8 Å². The first-order valence-corrected chi connectivity index (χ1v) is 7.59. The normalized spacial score (nSPS) is 34.8. The molecule has 3 nitrogen and oxygen atoms in total. The van der Waals surface area contributed by atoms with Crippen molar-refractivity contribution in [2.45, 2.75) is 31.4 Å². The second kappa shape index (κ2) is 5.47. The molecule has 0 aliphatic carbocycles.